The second kappa shape index (κ2) is 26.9. The van der Waals surface area contributed by atoms with E-state index < -0.39 is 0 Å². The first-order valence-corrected chi connectivity index (χ1v) is 14.5. The van der Waals surface area contributed by atoms with Gasteiger partial charge in [0.25, 0.3) is 0 Å². The van der Waals surface area contributed by atoms with E-state index in [0.717, 1.165) is 11.1 Å². The van der Waals surface area contributed by atoms with Gasteiger partial charge in [0.1, 0.15) is 13.6 Å². The van der Waals surface area contributed by atoms with Gasteiger partial charge in [0.05, 0.1) is 13.2 Å². The summed E-state index contributed by atoms with van der Waals surface area (Å²) in [6, 6.07) is 20.0. The third-order valence-corrected chi connectivity index (χ3v) is 5.84. The standard InChI is InChI=1S/C18H34.C16H18O3/c1-3-5-7-9-11-13-15-17-18-16-14-12-10-8-6-4-2;1-3-7-15(8-4-1)11-17-13-19-14-18-12-16-9-5-2-6-10-16/h5,7,10,12H,3-4,6,8-9,11,13-18H2,1-2H3;1-10H,11-14H2/b7-5+,12-10-;. The van der Waals surface area contributed by atoms with E-state index in [1.54, 1.807) is 0 Å². The predicted octanol–water partition coefficient (Wildman–Crippen LogP) is 10.2. The Hall–Kier alpha value is -2.20. The number of rotatable bonds is 21. The van der Waals surface area contributed by atoms with Crippen LogP contribution in [-0.4, -0.2) is 13.6 Å². The number of hydrogen-bond acceptors (Lipinski definition) is 3. The van der Waals surface area contributed by atoms with E-state index in [2.05, 4.69) is 38.2 Å². The van der Waals surface area contributed by atoms with Crippen molar-refractivity contribution in [3.8, 4) is 0 Å². The Balaban J connectivity index is 0.000000371. The fourth-order valence-electron chi connectivity index (χ4n) is 3.69. The third kappa shape index (κ3) is 22.7. The van der Waals surface area contributed by atoms with E-state index in [4.69, 9.17) is 14.2 Å². The number of allylic oxidation sites excluding steroid dienone is 4. The van der Waals surface area contributed by atoms with Crippen LogP contribution < -0.4 is 0 Å². The lowest BCUT2D eigenvalue weighted by Crippen LogP contribution is -2.04. The molecule has 2 aromatic rings. The highest BCUT2D eigenvalue weighted by molar-refractivity contribution is 5.14. The van der Waals surface area contributed by atoms with Crippen molar-refractivity contribution in [1.29, 1.82) is 0 Å². The van der Waals surface area contributed by atoms with Crippen molar-refractivity contribution in [2.75, 3.05) is 13.6 Å². The molecule has 3 heteroatoms. The summed E-state index contributed by atoms with van der Waals surface area (Å²) in [4.78, 5) is 0. The minimum Gasteiger partial charge on any atom is -0.351 e. The first-order chi connectivity index (χ1) is 18.4. The minimum absolute atomic E-state index is 0.240. The SMILES string of the molecule is CC/C=C/CCCCCCCC/C=C\CCCC.c1ccc(COCOCOCc2ccccc2)cc1. The summed E-state index contributed by atoms with van der Waals surface area (Å²) < 4.78 is 16.0. The summed E-state index contributed by atoms with van der Waals surface area (Å²) in [5.41, 5.74) is 2.27. The van der Waals surface area contributed by atoms with E-state index in [1.807, 2.05) is 60.7 Å². The van der Waals surface area contributed by atoms with E-state index in [9.17, 15) is 0 Å². The second-order valence-corrected chi connectivity index (χ2v) is 9.30. The Labute approximate surface area is 227 Å². The third-order valence-electron chi connectivity index (χ3n) is 5.84. The van der Waals surface area contributed by atoms with Gasteiger partial charge in [-0.25, -0.2) is 0 Å². The molecule has 0 spiro atoms. The number of ether oxygens (including phenoxy) is 3. The molecule has 0 atom stereocenters. The van der Waals surface area contributed by atoms with E-state index >= 15 is 0 Å². The molecule has 37 heavy (non-hydrogen) atoms. The number of unbranched alkanes of at least 4 members (excludes halogenated alkanes) is 9. The summed E-state index contributed by atoms with van der Waals surface area (Å²) in [6.07, 6.45) is 25.5. The molecule has 0 aliphatic heterocycles. The molecular formula is C34H52O3. The molecule has 2 rings (SSSR count). The molecule has 0 aliphatic carbocycles. The fourth-order valence-corrected chi connectivity index (χ4v) is 3.69. The first-order valence-electron chi connectivity index (χ1n) is 14.5. The normalized spacial score (nSPS) is 11.2. The van der Waals surface area contributed by atoms with Crippen LogP contribution in [0.15, 0.2) is 85.0 Å². The maximum Gasteiger partial charge on any atom is 0.150 e. The lowest BCUT2D eigenvalue weighted by atomic mass is 10.1. The van der Waals surface area contributed by atoms with Crippen molar-refractivity contribution in [3.63, 3.8) is 0 Å². The second-order valence-electron chi connectivity index (χ2n) is 9.30. The van der Waals surface area contributed by atoms with E-state index in [1.165, 1.54) is 77.0 Å². The Bertz CT molecular complexity index is 712. The zero-order chi connectivity index (χ0) is 26.5. The van der Waals surface area contributed by atoms with Crippen molar-refractivity contribution < 1.29 is 14.2 Å². The fraction of sp³-hybridized carbons (Fsp3) is 0.529. The van der Waals surface area contributed by atoms with E-state index in [0.29, 0.717) is 13.2 Å². The monoisotopic (exact) mass is 508 g/mol. The Morgan fingerprint density at radius 1 is 0.486 bits per heavy atom. The van der Waals surface area contributed by atoms with E-state index in [-0.39, 0.29) is 13.6 Å². The number of benzene rings is 2. The molecular weight excluding hydrogens is 456 g/mol. The summed E-state index contributed by atoms with van der Waals surface area (Å²) in [5, 5.41) is 0. The molecule has 0 bridgehead atoms. The van der Waals surface area contributed by atoms with Crippen LogP contribution in [0.1, 0.15) is 102 Å². The Morgan fingerprint density at radius 3 is 1.38 bits per heavy atom. The molecule has 3 nitrogen and oxygen atoms in total. The average molecular weight is 509 g/mol. The zero-order valence-corrected chi connectivity index (χ0v) is 23.6. The predicted molar refractivity (Wildman–Crippen MR) is 158 cm³/mol. The van der Waals surface area contributed by atoms with Gasteiger partial charge in [0.15, 0.2) is 0 Å². The van der Waals surface area contributed by atoms with Gasteiger partial charge < -0.3 is 14.2 Å². The van der Waals surface area contributed by atoms with Crippen molar-refractivity contribution in [2.24, 2.45) is 0 Å². The molecule has 0 N–H and O–H groups in total. The van der Waals surface area contributed by atoms with Crippen LogP contribution in [0.3, 0.4) is 0 Å². The van der Waals surface area contributed by atoms with Gasteiger partial charge in [0, 0.05) is 0 Å². The molecule has 0 unspecified atom stereocenters. The smallest absolute Gasteiger partial charge is 0.150 e. The number of hydrogen-bond donors (Lipinski definition) is 0. The lowest BCUT2D eigenvalue weighted by Gasteiger charge is -2.07. The van der Waals surface area contributed by atoms with Crippen LogP contribution in [0, 0.1) is 0 Å². The van der Waals surface area contributed by atoms with Crippen LogP contribution in [0.4, 0.5) is 0 Å². The molecule has 0 aliphatic rings. The van der Waals surface area contributed by atoms with Crippen LogP contribution >= 0.6 is 0 Å². The summed E-state index contributed by atoms with van der Waals surface area (Å²) in [6.45, 7) is 6.05. The van der Waals surface area contributed by atoms with Crippen molar-refractivity contribution in [3.05, 3.63) is 96.1 Å². The van der Waals surface area contributed by atoms with Gasteiger partial charge in [-0.2, -0.15) is 0 Å². The summed E-state index contributed by atoms with van der Waals surface area (Å²) in [5.74, 6) is 0. The molecule has 0 aromatic heterocycles. The molecule has 0 saturated heterocycles. The Kier molecular flexibility index (Phi) is 23.8. The maximum absolute atomic E-state index is 5.37. The molecule has 0 radical (unpaired) electrons. The van der Waals surface area contributed by atoms with Crippen LogP contribution in [-0.2, 0) is 27.4 Å². The lowest BCUT2D eigenvalue weighted by molar-refractivity contribution is -0.139. The Morgan fingerprint density at radius 2 is 0.919 bits per heavy atom. The molecule has 0 amide bonds. The van der Waals surface area contributed by atoms with Crippen LogP contribution in [0.2, 0.25) is 0 Å². The highest BCUT2D eigenvalue weighted by Gasteiger charge is 1.94. The molecule has 2 aromatic carbocycles. The quantitative estimate of drug-likeness (QED) is 0.0953. The highest BCUT2D eigenvalue weighted by atomic mass is 16.7. The zero-order valence-electron chi connectivity index (χ0n) is 23.6. The largest absolute Gasteiger partial charge is 0.351 e. The molecule has 206 valence electrons. The first kappa shape index (κ1) is 32.8. The van der Waals surface area contributed by atoms with Crippen molar-refractivity contribution in [1.82, 2.24) is 0 Å². The van der Waals surface area contributed by atoms with Crippen LogP contribution in [0.25, 0.3) is 0 Å². The van der Waals surface area contributed by atoms with Gasteiger partial charge in [-0.05, 0) is 49.7 Å². The van der Waals surface area contributed by atoms with Gasteiger partial charge in [-0.3, -0.25) is 0 Å². The van der Waals surface area contributed by atoms with Gasteiger partial charge in [-0.15, -0.1) is 0 Å². The molecule has 0 saturated carbocycles. The molecule has 0 fully saturated rings. The summed E-state index contributed by atoms with van der Waals surface area (Å²) in [7, 11) is 0. The highest BCUT2D eigenvalue weighted by Crippen LogP contribution is 2.10. The van der Waals surface area contributed by atoms with Gasteiger partial charge in [-0.1, -0.05) is 137 Å². The van der Waals surface area contributed by atoms with Gasteiger partial charge >= 0.3 is 0 Å². The molecule has 0 heterocycles. The minimum atomic E-state index is 0.240. The topological polar surface area (TPSA) is 27.7 Å². The van der Waals surface area contributed by atoms with Crippen molar-refractivity contribution in [2.45, 2.75) is 104 Å². The van der Waals surface area contributed by atoms with Crippen LogP contribution in [0.5, 0.6) is 0 Å². The maximum atomic E-state index is 5.37. The van der Waals surface area contributed by atoms with Crippen molar-refractivity contribution >= 4 is 0 Å². The summed E-state index contributed by atoms with van der Waals surface area (Å²) >= 11 is 0. The average Bonchev–Trinajstić information content (AvgIpc) is 2.94. The van der Waals surface area contributed by atoms with Gasteiger partial charge in [0.2, 0.25) is 0 Å².